The Morgan fingerprint density at radius 3 is 1.51 bits per heavy atom. The molecule has 0 aromatic carbocycles. The summed E-state index contributed by atoms with van der Waals surface area (Å²) in [6, 6.07) is 0. The molecule has 0 radical (unpaired) electrons. The number of hydrogen-bond acceptors (Lipinski definition) is 7. The summed E-state index contributed by atoms with van der Waals surface area (Å²) in [5.41, 5.74) is 0. The average Bonchev–Trinajstić information content (AvgIpc) is 3.24. The van der Waals surface area contributed by atoms with Crippen LogP contribution in [-0.2, 0) is 23.9 Å². The third-order valence-corrected chi connectivity index (χ3v) is 12.3. The first kappa shape index (κ1) is 59.3. The Kier molecular flexibility index (Phi) is 45.0. The predicted octanol–water partition coefficient (Wildman–Crippen LogP) is 13.1. The lowest BCUT2D eigenvalue weighted by atomic mass is 9.93. The Bertz CT molecular complexity index is 943. The van der Waals surface area contributed by atoms with Crippen molar-refractivity contribution in [1.29, 1.82) is 0 Å². The number of amides is 2. The lowest BCUT2D eigenvalue weighted by Gasteiger charge is -2.22. The number of nitrogens with zero attached hydrogens (tertiary/aromatic N) is 1. The number of nitrogens with one attached hydrogen (secondary N) is 2. The van der Waals surface area contributed by atoms with Gasteiger partial charge in [0.25, 0.3) is 0 Å². The normalized spacial score (nSPS) is 12.1. The third kappa shape index (κ3) is 43.3. The highest BCUT2D eigenvalue weighted by molar-refractivity contribution is 5.77. The van der Waals surface area contributed by atoms with E-state index in [1.165, 1.54) is 135 Å². The van der Waals surface area contributed by atoms with E-state index in [0.29, 0.717) is 32.5 Å². The minimum atomic E-state index is -0.639. The Balaban J connectivity index is 4.56. The molecular weight excluding hydrogens is 763 g/mol. The fourth-order valence-corrected chi connectivity index (χ4v) is 8.31. The first-order chi connectivity index (χ1) is 29.7. The molecule has 0 spiro atoms. The Hall–Kier alpha value is -1.71. The number of ether oxygens (including phenoxy) is 2. The molecular formula is C52H103N3O6. The molecule has 362 valence electrons. The van der Waals surface area contributed by atoms with Crippen LogP contribution in [0, 0.1) is 5.92 Å². The summed E-state index contributed by atoms with van der Waals surface area (Å²) in [6.07, 6.45) is 39.0. The van der Waals surface area contributed by atoms with Gasteiger partial charge >= 0.3 is 5.97 Å². The molecule has 2 amide bonds. The molecule has 61 heavy (non-hydrogen) atoms. The molecule has 0 aliphatic heterocycles. The molecule has 0 fully saturated rings. The monoisotopic (exact) mass is 866 g/mol. The van der Waals surface area contributed by atoms with Crippen molar-refractivity contribution in [3.8, 4) is 0 Å². The molecule has 0 bridgehead atoms. The van der Waals surface area contributed by atoms with Crippen LogP contribution in [0.3, 0.4) is 0 Å². The van der Waals surface area contributed by atoms with Gasteiger partial charge in [-0.1, -0.05) is 169 Å². The highest BCUT2D eigenvalue weighted by Crippen LogP contribution is 2.21. The molecule has 9 nitrogen and oxygen atoms in total. The Morgan fingerprint density at radius 1 is 0.492 bits per heavy atom. The zero-order valence-electron chi connectivity index (χ0n) is 41.2. The number of rotatable bonds is 48. The van der Waals surface area contributed by atoms with E-state index in [2.05, 4.69) is 43.2 Å². The minimum absolute atomic E-state index is 0.00359. The van der Waals surface area contributed by atoms with Crippen LogP contribution in [0.1, 0.15) is 259 Å². The van der Waals surface area contributed by atoms with Crippen molar-refractivity contribution in [2.75, 3.05) is 39.3 Å². The van der Waals surface area contributed by atoms with Gasteiger partial charge in [-0.2, -0.15) is 0 Å². The van der Waals surface area contributed by atoms with Gasteiger partial charge in [-0.15, -0.1) is 0 Å². The summed E-state index contributed by atoms with van der Waals surface area (Å²) in [7, 11) is 0. The molecule has 0 aliphatic carbocycles. The summed E-state index contributed by atoms with van der Waals surface area (Å²) >= 11 is 0. The van der Waals surface area contributed by atoms with E-state index in [4.69, 9.17) is 9.47 Å². The minimum Gasteiger partial charge on any atom is -0.462 e. The van der Waals surface area contributed by atoms with Crippen molar-refractivity contribution in [2.45, 2.75) is 272 Å². The van der Waals surface area contributed by atoms with Crippen LogP contribution < -0.4 is 10.6 Å². The third-order valence-electron chi connectivity index (χ3n) is 12.3. The molecule has 0 saturated heterocycles. The second-order valence-electron chi connectivity index (χ2n) is 18.3. The number of esters is 1. The van der Waals surface area contributed by atoms with E-state index >= 15 is 0 Å². The van der Waals surface area contributed by atoms with Crippen LogP contribution in [0.2, 0.25) is 0 Å². The molecule has 0 saturated carbocycles. The van der Waals surface area contributed by atoms with Gasteiger partial charge < -0.3 is 30.1 Å². The van der Waals surface area contributed by atoms with Crippen LogP contribution in [-0.4, -0.2) is 79.5 Å². The largest absolute Gasteiger partial charge is 0.462 e. The lowest BCUT2D eigenvalue weighted by Crippen LogP contribution is -2.33. The number of aliphatic hydroxyl groups excluding tert-OH is 1. The Morgan fingerprint density at radius 2 is 0.967 bits per heavy atom. The smallest absolute Gasteiger partial charge is 0.306 e. The van der Waals surface area contributed by atoms with E-state index in [1.807, 2.05) is 0 Å². The van der Waals surface area contributed by atoms with Crippen molar-refractivity contribution in [3.05, 3.63) is 0 Å². The van der Waals surface area contributed by atoms with Crippen LogP contribution in [0.5, 0.6) is 0 Å². The summed E-state index contributed by atoms with van der Waals surface area (Å²) < 4.78 is 11.9. The quantitative estimate of drug-likeness (QED) is 0.0317. The maximum atomic E-state index is 12.9. The molecule has 0 aromatic heterocycles. The molecule has 0 rings (SSSR count). The van der Waals surface area contributed by atoms with Crippen LogP contribution in [0.25, 0.3) is 0 Å². The average molecular weight is 866 g/mol. The van der Waals surface area contributed by atoms with Gasteiger partial charge in [-0.05, 0) is 96.2 Å². The van der Waals surface area contributed by atoms with Crippen molar-refractivity contribution in [3.63, 3.8) is 0 Å². The van der Waals surface area contributed by atoms with Gasteiger partial charge in [0.2, 0.25) is 11.8 Å². The fraction of sp³-hybridized carbons (Fsp3) is 0.942. The first-order valence-corrected chi connectivity index (χ1v) is 26.5. The molecule has 0 aliphatic rings. The van der Waals surface area contributed by atoms with Gasteiger partial charge in [-0.25, -0.2) is 0 Å². The van der Waals surface area contributed by atoms with E-state index in [0.717, 1.165) is 109 Å². The maximum Gasteiger partial charge on any atom is 0.306 e. The zero-order valence-corrected chi connectivity index (χ0v) is 41.2. The van der Waals surface area contributed by atoms with E-state index < -0.39 is 6.29 Å². The van der Waals surface area contributed by atoms with Crippen molar-refractivity contribution < 1.29 is 29.0 Å². The number of carbonyl (C=O) groups is 3. The SMILES string of the molecule is CCCCCCCCC(CCCCCCCC)OC(=O)CCCCCCCN(CCCCCCCC(O)OCCC(CCCC)CCCC)CCCNC(=O)CCNC(C)=O. The summed E-state index contributed by atoms with van der Waals surface area (Å²) in [5.74, 6) is 0.599. The summed E-state index contributed by atoms with van der Waals surface area (Å²) in [5, 5.41) is 16.1. The Labute approximate surface area is 378 Å². The molecule has 1 atom stereocenters. The van der Waals surface area contributed by atoms with Gasteiger partial charge in [0, 0.05) is 39.5 Å². The molecule has 0 heterocycles. The number of carbonyl (C=O) groups excluding carboxylic acids is 3. The number of hydrogen-bond donors (Lipinski definition) is 3. The maximum absolute atomic E-state index is 12.9. The summed E-state index contributed by atoms with van der Waals surface area (Å²) in [6.45, 7) is 15.3. The van der Waals surface area contributed by atoms with Crippen LogP contribution in [0.15, 0.2) is 0 Å². The fourth-order valence-electron chi connectivity index (χ4n) is 8.31. The van der Waals surface area contributed by atoms with E-state index in [1.54, 1.807) is 0 Å². The van der Waals surface area contributed by atoms with Gasteiger partial charge in [0.15, 0.2) is 6.29 Å². The predicted molar refractivity (Wildman–Crippen MR) is 258 cm³/mol. The number of aliphatic hydroxyl groups is 1. The van der Waals surface area contributed by atoms with Gasteiger partial charge in [0.1, 0.15) is 6.10 Å². The van der Waals surface area contributed by atoms with Crippen LogP contribution in [0.4, 0.5) is 0 Å². The van der Waals surface area contributed by atoms with Gasteiger partial charge in [-0.3, -0.25) is 14.4 Å². The highest BCUT2D eigenvalue weighted by atomic mass is 16.6. The lowest BCUT2D eigenvalue weighted by molar-refractivity contribution is -0.150. The molecule has 0 aromatic rings. The van der Waals surface area contributed by atoms with E-state index in [-0.39, 0.29) is 23.9 Å². The summed E-state index contributed by atoms with van der Waals surface area (Å²) in [4.78, 5) is 38.7. The van der Waals surface area contributed by atoms with Crippen molar-refractivity contribution in [1.82, 2.24) is 15.5 Å². The van der Waals surface area contributed by atoms with Gasteiger partial charge in [0.05, 0.1) is 0 Å². The zero-order chi connectivity index (χ0) is 44.9. The second kappa shape index (κ2) is 46.3. The first-order valence-electron chi connectivity index (χ1n) is 26.5. The van der Waals surface area contributed by atoms with Crippen LogP contribution >= 0.6 is 0 Å². The number of unbranched alkanes of at least 4 members (excludes halogenated alkanes) is 20. The molecule has 1 unspecified atom stereocenters. The highest BCUT2D eigenvalue weighted by Gasteiger charge is 2.15. The standard InChI is InChI=1S/C52H103N3O6/c1-6-10-14-16-20-26-35-49(36-27-21-17-15-11-7-2)61-52(59)38-29-23-19-25-31-44-55(45-32-41-54-50(57)39-42-53-47(5)56)43-30-24-18-22-28-37-51(58)60-46-40-48(33-12-8-3)34-13-9-4/h48-49,51,58H,6-46H2,1-5H3,(H,53,56)(H,54,57). The molecule has 3 N–H and O–H groups in total. The molecule has 9 heteroatoms. The topological polar surface area (TPSA) is 117 Å². The van der Waals surface area contributed by atoms with Crippen molar-refractivity contribution >= 4 is 17.8 Å². The van der Waals surface area contributed by atoms with E-state index in [9.17, 15) is 19.5 Å². The second-order valence-corrected chi connectivity index (χ2v) is 18.3. The van der Waals surface area contributed by atoms with Crippen molar-refractivity contribution in [2.24, 2.45) is 5.92 Å².